The lowest BCUT2D eigenvalue weighted by molar-refractivity contribution is -0.148. The number of carbonyl (C=O) groups excluding carboxylic acids is 1. The summed E-state index contributed by atoms with van der Waals surface area (Å²) in [6.45, 7) is 1.52. The van der Waals surface area contributed by atoms with Crippen LogP contribution < -0.4 is 5.32 Å². The van der Waals surface area contributed by atoms with Gasteiger partial charge in [-0.15, -0.1) is 0 Å². The minimum Gasteiger partial charge on any atom is -0.481 e. The fraction of sp³-hybridized carbons (Fsp3) is 0.812. The van der Waals surface area contributed by atoms with Gasteiger partial charge in [0.1, 0.15) is 11.8 Å². The highest BCUT2D eigenvalue weighted by Crippen LogP contribution is 2.38. The Kier molecular flexibility index (Phi) is 4.68. The van der Waals surface area contributed by atoms with E-state index < -0.39 is 23.9 Å². The third-order valence-corrected chi connectivity index (χ3v) is 5.75. The van der Waals surface area contributed by atoms with Crippen molar-refractivity contribution in [2.24, 2.45) is 17.8 Å². The Hall–Kier alpha value is -1.47. The molecule has 0 bridgehead atoms. The first-order chi connectivity index (χ1) is 10.9. The summed E-state index contributed by atoms with van der Waals surface area (Å²) in [5, 5.41) is 21.5. The third-order valence-electron chi connectivity index (χ3n) is 5.75. The standard InChI is InChI=1S/C16H24N2O5/c19-13-4-11(15(20)21)7-18(8-13)12-2-1-9-6-17-14(16(22)23)5-10(9)3-12/h9-12,14,17H,1-8H2,(H,20,21)(H,22,23)/t9-,10+,11-,12-,14-/m0/s1. The number of hydrogen-bond donors (Lipinski definition) is 3. The summed E-state index contributed by atoms with van der Waals surface area (Å²) < 4.78 is 0. The van der Waals surface area contributed by atoms with Crippen molar-refractivity contribution in [1.82, 2.24) is 10.2 Å². The molecule has 1 saturated carbocycles. The quantitative estimate of drug-likeness (QED) is 0.680. The van der Waals surface area contributed by atoms with Gasteiger partial charge in [0.05, 0.1) is 12.5 Å². The minimum absolute atomic E-state index is 0.000466. The Morgan fingerprint density at radius 2 is 1.87 bits per heavy atom. The monoisotopic (exact) mass is 324 g/mol. The number of rotatable bonds is 3. The van der Waals surface area contributed by atoms with Crippen LogP contribution in [0, 0.1) is 17.8 Å². The van der Waals surface area contributed by atoms with Crippen molar-refractivity contribution in [3.63, 3.8) is 0 Å². The summed E-state index contributed by atoms with van der Waals surface area (Å²) >= 11 is 0. The number of carboxylic acid groups (broad SMARTS) is 2. The lowest BCUT2D eigenvalue weighted by Crippen LogP contribution is -2.54. The molecule has 128 valence electrons. The summed E-state index contributed by atoms with van der Waals surface area (Å²) in [7, 11) is 0. The van der Waals surface area contributed by atoms with Crippen LogP contribution in [0.4, 0.5) is 0 Å². The zero-order valence-corrected chi connectivity index (χ0v) is 13.1. The van der Waals surface area contributed by atoms with Crippen LogP contribution >= 0.6 is 0 Å². The predicted octanol–water partition coefficient (Wildman–Crippen LogP) is 0.193. The number of carbonyl (C=O) groups is 3. The smallest absolute Gasteiger partial charge is 0.320 e. The second kappa shape index (κ2) is 6.57. The molecule has 2 saturated heterocycles. The highest BCUT2D eigenvalue weighted by molar-refractivity contribution is 5.86. The van der Waals surface area contributed by atoms with E-state index in [1.807, 2.05) is 4.90 Å². The van der Waals surface area contributed by atoms with Crippen LogP contribution in [0.5, 0.6) is 0 Å². The number of carboxylic acids is 2. The van der Waals surface area contributed by atoms with Crippen molar-refractivity contribution in [3.05, 3.63) is 0 Å². The number of nitrogens with zero attached hydrogens (tertiary/aromatic N) is 1. The lowest BCUT2D eigenvalue weighted by atomic mass is 9.71. The van der Waals surface area contributed by atoms with Crippen LogP contribution in [0.2, 0.25) is 0 Å². The van der Waals surface area contributed by atoms with Crippen LogP contribution in [-0.2, 0) is 14.4 Å². The van der Waals surface area contributed by atoms with Crippen LogP contribution in [0.15, 0.2) is 0 Å². The van der Waals surface area contributed by atoms with Crippen LogP contribution in [0.25, 0.3) is 0 Å². The number of likely N-dealkylation sites (tertiary alicyclic amines) is 1. The van der Waals surface area contributed by atoms with Crippen molar-refractivity contribution >= 4 is 17.7 Å². The average Bonchev–Trinajstić information content (AvgIpc) is 2.53. The largest absolute Gasteiger partial charge is 0.481 e. The SMILES string of the molecule is O=C1C[C@H](C(=O)O)CN([C@H]2CC[C@H]3CN[C@H](C(=O)O)C[C@H]3C2)C1. The zero-order chi connectivity index (χ0) is 16.6. The molecule has 0 radical (unpaired) electrons. The van der Waals surface area contributed by atoms with Gasteiger partial charge in [-0.3, -0.25) is 19.3 Å². The van der Waals surface area contributed by atoms with E-state index in [1.54, 1.807) is 0 Å². The summed E-state index contributed by atoms with van der Waals surface area (Å²) in [6.07, 6.45) is 3.60. The highest BCUT2D eigenvalue weighted by atomic mass is 16.4. The van der Waals surface area contributed by atoms with Gasteiger partial charge in [0.2, 0.25) is 0 Å². The van der Waals surface area contributed by atoms with Crippen molar-refractivity contribution in [1.29, 1.82) is 0 Å². The summed E-state index contributed by atoms with van der Waals surface area (Å²) in [6, 6.07) is -0.278. The molecule has 7 nitrogen and oxygen atoms in total. The minimum atomic E-state index is -0.899. The number of aliphatic carboxylic acids is 2. The van der Waals surface area contributed by atoms with Gasteiger partial charge in [-0.2, -0.15) is 0 Å². The third kappa shape index (κ3) is 3.55. The van der Waals surface area contributed by atoms with E-state index in [-0.39, 0.29) is 18.2 Å². The molecule has 5 atom stereocenters. The molecule has 2 heterocycles. The molecule has 3 rings (SSSR count). The molecule has 0 aromatic rings. The van der Waals surface area contributed by atoms with Gasteiger partial charge in [0.15, 0.2) is 0 Å². The van der Waals surface area contributed by atoms with Gasteiger partial charge < -0.3 is 15.5 Å². The molecule has 2 aliphatic heterocycles. The maximum atomic E-state index is 11.9. The summed E-state index contributed by atoms with van der Waals surface area (Å²) in [5.41, 5.74) is 0. The normalized spacial score (nSPS) is 38.8. The molecular weight excluding hydrogens is 300 g/mol. The Balaban J connectivity index is 1.64. The second-order valence-electron chi connectivity index (χ2n) is 7.23. The number of fused-ring (bicyclic) bond motifs is 1. The molecule has 1 aliphatic carbocycles. The molecule has 23 heavy (non-hydrogen) atoms. The van der Waals surface area contributed by atoms with Crippen molar-refractivity contribution in [3.8, 4) is 0 Å². The van der Waals surface area contributed by atoms with E-state index in [2.05, 4.69) is 5.32 Å². The molecule has 0 aromatic heterocycles. The van der Waals surface area contributed by atoms with Crippen LogP contribution in [-0.4, -0.2) is 64.6 Å². The van der Waals surface area contributed by atoms with Gasteiger partial charge in [0, 0.05) is 19.0 Å². The fourth-order valence-corrected chi connectivity index (χ4v) is 4.48. The molecule has 0 amide bonds. The Morgan fingerprint density at radius 3 is 2.57 bits per heavy atom. The summed E-state index contributed by atoms with van der Waals surface area (Å²) in [4.78, 5) is 36.3. The number of Topliss-reactive ketones (excluding diaryl/α,β-unsaturated/α-hetero) is 1. The molecule has 0 spiro atoms. The van der Waals surface area contributed by atoms with Gasteiger partial charge in [0.25, 0.3) is 0 Å². The lowest BCUT2D eigenvalue weighted by Gasteiger charge is -2.46. The van der Waals surface area contributed by atoms with E-state index in [0.717, 1.165) is 25.8 Å². The van der Waals surface area contributed by atoms with E-state index in [9.17, 15) is 24.6 Å². The molecular formula is C16H24N2O5. The van der Waals surface area contributed by atoms with E-state index in [0.29, 0.717) is 31.3 Å². The maximum absolute atomic E-state index is 11.9. The molecule has 0 aromatic carbocycles. The Bertz CT molecular complexity index is 509. The van der Waals surface area contributed by atoms with Crippen molar-refractivity contribution in [2.75, 3.05) is 19.6 Å². The molecule has 0 unspecified atom stereocenters. The van der Waals surface area contributed by atoms with Gasteiger partial charge in [-0.25, -0.2) is 0 Å². The Morgan fingerprint density at radius 1 is 1.09 bits per heavy atom. The molecule has 7 heteroatoms. The topological polar surface area (TPSA) is 107 Å². The number of hydrogen-bond acceptors (Lipinski definition) is 5. The van der Waals surface area contributed by atoms with Crippen molar-refractivity contribution < 1.29 is 24.6 Å². The van der Waals surface area contributed by atoms with Crippen molar-refractivity contribution in [2.45, 2.75) is 44.2 Å². The Labute approximate surface area is 135 Å². The number of ketones is 1. The number of piperidine rings is 2. The molecule has 3 N–H and O–H groups in total. The van der Waals surface area contributed by atoms with E-state index in [1.165, 1.54) is 0 Å². The van der Waals surface area contributed by atoms with Gasteiger partial charge in [-0.05, 0) is 44.1 Å². The zero-order valence-electron chi connectivity index (χ0n) is 13.1. The molecule has 3 aliphatic rings. The van der Waals surface area contributed by atoms with Gasteiger partial charge >= 0.3 is 11.9 Å². The molecule has 3 fully saturated rings. The summed E-state index contributed by atoms with van der Waals surface area (Å²) in [5.74, 6) is -1.46. The first-order valence-electron chi connectivity index (χ1n) is 8.38. The first-order valence-corrected chi connectivity index (χ1v) is 8.38. The average molecular weight is 324 g/mol. The van der Waals surface area contributed by atoms with Gasteiger partial charge in [-0.1, -0.05) is 0 Å². The van der Waals surface area contributed by atoms with E-state index >= 15 is 0 Å². The van der Waals surface area contributed by atoms with Crippen LogP contribution in [0.3, 0.4) is 0 Å². The maximum Gasteiger partial charge on any atom is 0.320 e. The van der Waals surface area contributed by atoms with Crippen LogP contribution in [0.1, 0.15) is 32.1 Å². The second-order valence-corrected chi connectivity index (χ2v) is 7.23. The van der Waals surface area contributed by atoms with E-state index in [4.69, 9.17) is 0 Å². The number of nitrogens with one attached hydrogen (secondary N) is 1. The fourth-order valence-electron chi connectivity index (χ4n) is 4.48. The highest BCUT2D eigenvalue weighted by Gasteiger charge is 2.41. The first kappa shape index (κ1) is 16.4. The predicted molar refractivity (Wildman–Crippen MR) is 81.0 cm³/mol.